The average molecular weight is 304 g/mol. The summed E-state index contributed by atoms with van der Waals surface area (Å²) in [4.78, 5) is 2.38. The molecule has 1 heterocycles. The molecule has 1 saturated heterocycles. The Kier molecular flexibility index (Phi) is 8.50. The lowest BCUT2D eigenvalue weighted by molar-refractivity contribution is 0.0325. The van der Waals surface area contributed by atoms with E-state index in [9.17, 15) is 0 Å². The van der Waals surface area contributed by atoms with Gasteiger partial charge in [0, 0.05) is 24.9 Å². The first kappa shape index (κ1) is 16.8. The van der Waals surface area contributed by atoms with Gasteiger partial charge in [0.05, 0.1) is 26.4 Å². The van der Waals surface area contributed by atoms with Crippen LogP contribution in [0.15, 0.2) is 30.3 Å². The maximum atomic E-state index is 5.69. The van der Waals surface area contributed by atoms with E-state index in [1.165, 1.54) is 5.56 Å². The van der Waals surface area contributed by atoms with Crippen molar-refractivity contribution in [1.82, 2.24) is 4.90 Å². The molecule has 0 saturated carbocycles. The molecule has 0 spiro atoms. The van der Waals surface area contributed by atoms with Crippen LogP contribution in [0.3, 0.4) is 0 Å². The summed E-state index contributed by atoms with van der Waals surface area (Å²) in [6.07, 6.45) is 0. The van der Waals surface area contributed by atoms with Crippen molar-refractivity contribution in [2.24, 2.45) is 0 Å². The van der Waals surface area contributed by atoms with Crippen molar-refractivity contribution in [3.05, 3.63) is 35.9 Å². The summed E-state index contributed by atoms with van der Waals surface area (Å²) in [6.45, 7) is 6.03. The first-order valence-electron chi connectivity index (χ1n) is 6.44. The number of thiol groups is 1. The minimum Gasteiger partial charge on any atom is -0.379 e. The molecule has 1 atom stereocenters. The van der Waals surface area contributed by atoms with Gasteiger partial charge in [-0.05, 0) is 5.56 Å². The first-order valence-corrected chi connectivity index (χ1v) is 6.96. The molecule has 1 aliphatic rings. The van der Waals surface area contributed by atoms with E-state index in [2.05, 4.69) is 29.7 Å². The lowest BCUT2D eigenvalue weighted by Gasteiger charge is -2.28. The summed E-state index contributed by atoms with van der Waals surface area (Å²) >= 11 is 4.58. The molecule has 2 rings (SSSR count). The topological polar surface area (TPSA) is 21.7 Å². The third-order valence-corrected chi connectivity index (χ3v) is 3.31. The Morgan fingerprint density at radius 1 is 1.21 bits per heavy atom. The van der Waals surface area contributed by atoms with Crippen molar-refractivity contribution in [2.75, 3.05) is 39.5 Å². The van der Waals surface area contributed by atoms with Crippen LogP contribution < -0.4 is 0 Å². The molecule has 19 heavy (non-hydrogen) atoms. The average Bonchev–Trinajstić information content (AvgIpc) is 2.41. The van der Waals surface area contributed by atoms with E-state index in [0.29, 0.717) is 13.2 Å². The highest BCUT2D eigenvalue weighted by Gasteiger charge is 2.14. The Morgan fingerprint density at radius 2 is 1.89 bits per heavy atom. The number of hydrogen-bond donors (Lipinski definition) is 1. The molecule has 108 valence electrons. The smallest absolute Gasteiger partial charge is 0.0717 e. The summed E-state index contributed by atoms with van der Waals surface area (Å²) in [5.41, 5.74) is 1.21. The summed E-state index contributed by atoms with van der Waals surface area (Å²) in [6, 6.07) is 10.2. The van der Waals surface area contributed by atoms with Gasteiger partial charge in [0.25, 0.3) is 0 Å². The van der Waals surface area contributed by atoms with Crippen molar-refractivity contribution in [3.63, 3.8) is 0 Å². The Morgan fingerprint density at radius 3 is 2.58 bits per heavy atom. The highest BCUT2D eigenvalue weighted by molar-refractivity contribution is 7.81. The van der Waals surface area contributed by atoms with Gasteiger partial charge in [-0.1, -0.05) is 30.3 Å². The van der Waals surface area contributed by atoms with Crippen LogP contribution in [0.4, 0.5) is 0 Å². The predicted molar refractivity (Wildman–Crippen MR) is 83.4 cm³/mol. The number of morpholine rings is 1. The molecule has 1 aromatic rings. The third-order valence-electron chi connectivity index (χ3n) is 2.99. The Balaban J connectivity index is 0.00000180. The first-order chi connectivity index (χ1) is 8.84. The molecular formula is C14H22ClNO2S. The summed E-state index contributed by atoms with van der Waals surface area (Å²) < 4.78 is 11.0. The van der Waals surface area contributed by atoms with Gasteiger partial charge in [0.15, 0.2) is 0 Å². The van der Waals surface area contributed by atoms with Gasteiger partial charge >= 0.3 is 0 Å². The molecule has 1 unspecified atom stereocenters. The molecule has 0 N–H and O–H groups in total. The Labute approximate surface area is 127 Å². The van der Waals surface area contributed by atoms with Gasteiger partial charge in [0.2, 0.25) is 0 Å². The molecule has 1 aromatic carbocycles. The standard InChI is InChI=1S/C14H21NO2S.ClH/c18-14(10-15-6-8-16-9-7-15)12-17-11-13-4-2-1-3-5-13;/h1-5,14,18H,6-12H2;1H. The van der Waals surface area contributed by atoms with Crippen molar-refractivity contribution < 1.29 is 9.47 Å². The maximum Gasteiger partial charge on any atom is 0.0717 e. The molecular weight excluding hydrogens is 282 g/mol. The van der Waals surface area contributed by atoms with Gasteiger partial charge in [-0.15, -0.1) is 12.4 Å². The predicted octanol–water partition coefficient (Wildman–Crippen LogP) is 2.26. The van der Waals surface area contributed by atoms with E-state index in [1.54, 1.807) is 0 Å². The minimum atomic E-state index is 0. The zero-order chi connectivity index (χ0) is 12.6. The van der Waals surface area contributed by atoms with Crippen LogP contribution in [0.25, 0.3) is 0 Å². The van der Waals surface area contributed by atoms with E-state index in [4.69, 9.17) is 9.47 Å². The normalized spacial score (nSPS) is 17.7. The van der Waals surface area contributed by atoms with Crippen LogP contribution in [0.1, 0.15) is 5.56 Å². The molecule has 0 aromatic heterocycles. The van der Waals surface area contributed by atoms with Gasteiger partial charge < -0.3 is 9.47 Å². The summed E-state index contributed by atoms with van der Waals surface area (Å²) in [5, 5.41) is 0.270. The lowest BCUT2D eigenvalue weighted by Crippen LogP contribution is -2.40. The van der Waals surface area contributed by atoms with Crippen molar-refractivity contribution in [2.45, 2.75) is 11.9 Å². The fourth-order valence-corrected chi connectivity index (χ4v) is 2.36. The van der Waals surface area contributed by atoms with Gasteiger partial charge in [0.1, 0.15) is 0 Å². The Bertz CT molecular complexity index is 333. The van der Waals surface area contributed by atoms with Crippen LogP contribution in [-0.2, 0) is 16.1 Å². The van der Waals surface area contributed by atoms with Crippen molar-refractivity contribution in [1.29, 1.82) is 0 Å². The molecule has 1 aliphatic heterocycles. The summed E-state index contributed by atoms with van der Waals surface area (Å²) in [5.74, 6) is 0. The second-order valence-electron chi connectivity index (χ2n) is 4.57. The van der Waals surface area contributed by atoms with Crippen LogP contribution in [-0.4, -0.2) is 49.6 Å². The molecule has 0 bridgehead atoms. The van der Waals surface area contributed by atoms with Crippen molar-refractivity contribution in [3.8, 4) is 0 Å². The Hall–Kier alpha value is -0.260. The fraction of sp³-hybridized carbons (Fsp3) is 0.571. The SMILES string of the molecule is Cl.SC(COCc1ccccc1)CN1CCOCC1. The van der Waals surface area contributed by atoms with E-state index in [-0.39, 0.29) is 17.7 Å². The second-order valence-corrected chi connectivity index (χ2v) is 5.30. The quantitative estimate of drug-likeness (QED) is 0.815. The molecule has 0 aliphatic carbocycles. The monoisotopic (exact) mass is 303 g/mol. The van der Waals surface area contributed by atoms with Crippen LogP contribution in [0.5, 0.6) is 0 Å². The highest BCUT2D eigenvalue weighted by Crippen LogP contribution is 2.06. The van der Waals surface area contributed by atoms with Gasteiger partial charge in [-0.3, -0.25) is 4.90 Å². The zero-order valence-corrected chi connectivity index (χ0v) is 12.7. The van der Waals surface area contributed by atoms with E-state index >= 15 is 0 Å². The number of rotatable bonds is 6. The number of halogens is 1. The third kappa shape index (κ3) is 6.63. The number of ether oxygens (including phenoxy) is 2. The number of hydrogen-bond acceptors (Lipinski definition) is 4. The number of benzene rings is 1. The fourth-order valence-electron chi connectivity index (χ4n) is 2.02. The van der Waals surface area contributed by atoms with Crippen LogP contribution in [0, 0.1) is 0 Å². The lowest BCUT2D eigenvalue weighted by atomic mass is 10.2. The largest absolute Gasteiger partial charge is 0.379 e. The van der Waals surface area contributed by atoms with E-state index < -0.39 is 0 Å². The van der Waals surface area contributed by atoms with E-state index in [0.717, 1.165) is 32.8 Å². The highest BCUT2D eigenvalue weighted by atomic mass is 35.5. The maximum absolute atomic E-state index is 5.69. The van der Waals surface area contributed by atoms with Crippen molar-refractivity contribution >= 4 is 25.0 Å². The van der Waals surface area contributed by atoms with E-state index in [1.807, 2.05) is 18.2 Å². The second kappa shape index (κ2) is 9.61. The number of nitrogens with zero attached hydrogens (tertiary/aromatic N) is 1. The van der Waals surface area contributed by atoms with Crippen LogP contribution in [0.2, 0.25) is 0 Å². The molecule has 0 radical (unpaired) electrons. The van der Waals surface area contributed by atoms with Gasteiger partial charge in [-0.2, -0.15) is 12.6 Å². The minimum absolute atomic E-state index is 0. The molecule has 0 amide bonds. The van der Waals surface area contributed by atoms with Gasteiger partial charge in [-0.25, -0.2) is 0 Å². The molecule has 1 fully saturated rings. The molecule has 3 nitrogen and oxygen atoms in total. The summed E-state index contributed by atoms with van der Waals surface area (Å²) in [7, 11) is 0. The molecule has 5 heteroatoms. The van der Waals surface area contributed by atoms with Crippen LogP contribution >= 0.6 is 25.0 Å². The zero-order valence-electron chi connectivity index (χ0n) is 11.0.